The van der Waals surface area contributed by atoms with Crippen LogP contribution in [0, 0.1) is 0 Å². The van der Waals surface area contributed by atoms with Gasteiger partial charge in [0.25, 0.3) is 5.91 Å². The van der Waals surface area contributed by atoms with Crippen LogP contribution in [-0.4, -0.2) is 70.3 Å². The molecule has 1 aliphatic rings. The summed E-state index contributed by atoms with van der Waals surface area (Å²) in [5.41, 5.74) is 0.613. The third-order valence-corrected chi connectivity index (χ3v) is 7.16. The van der Waals surface area contributed by atoms with E-state index in [1.807, 2.05) is 0 Å². The number of nitrogens with zero attached hydrogens (tertiary/aromatic N) is 2. The van der Waals surface area contributed by atoms with Gasteiger partial charge in [-0.25, -0.2) is 10.3 Å². The lowest BCUT2D eigenvalue weighted by atomic mass is 9.98. The highest BCUT2D eigenvalue weighted by Gasteiger charge is 2.64. The standard InChI is InChI=1S/C25H26F8N4O3/c1-15-11-36(22(39)34-20-5-3-4-19(10-20)24(28,29)30)12-16(2)37(15,14-23(26,27)25(31,32)33)13-17-6-8-18(9-7-17)21(38)35-40/h3-10,15-16H,11-14H2,1-2H3,(H2-,34,35,38,39,40)/p+1/t15-,16+,37?. The van der Waals surface area contributed by atoms with Crippen molar-refractivity contribution in [1.29, 1.82) is 0 Å². The topological polar surface area (TPSA) is 81.7 Å². The lowest BCUT2D eigenvalue weighted by molar-refractivity contribution is -0.993. The molecule has 3 amide bonds. The molecule has 0 aromatic heterocycles. The predicted octanol–water partition coefficient (Wildman–Crippen LogP) is 5.66. The quantitative estimate of drug-likeness (QED) is 0.178. The maximum atomic E-state index is 14.5. The van der Waals surface area contributed by atoms with Crippen molar-refractivity contribution in [3.63, 3.8) is 0 Å². The number of alkyl halides is 8. The summed E-state index contributed by atoms with van der Waals surface area (Å²) in [5.74, 6) is -5.92. The zero-order valence-electron chi connectivity index (χ0n) is 21.3. The maximum Gasteiger partial charge on any atom is 0.459 e. The molecule has 2 aromatic carbocycles. The lowest BCUT2D eigenvalue weighted by Gasteiger charge is -2.54. The highest BCUT2D eigenvalue weighted by Crippen LogP contribution is 2.41. The molecule has 1 unspecified atom stereocenters. The van der Waals surface area contributed by atoms with E-state index in [1.54, 1.807) is 0 Å². The second kappa shape index (κ2) is 11.2. The summed E-state index contributed by atoms with van der Waals surface area (Å²) in [6, 6.07) is 6.36. The number of rotatable bonds is 6. The van der Waals surface area contributed by atoms with Crippen LogP contribution in [0.5, 0.6) is 0 Å². The van der Waals surface area contributed by atoms with Crippen molar-refractivity contribution in [2.45, 2.75) is 50.8 Å². The summed E-state index contributed by atoms with van der Waals surface area (Å²) in [6.07, 6.45) is -10.5. The number of anilines is 1. The van der Waals surface area contributed by atoms with Crippen molar-refractivity contribution in [1.82, 2.24) is 10.4 Å². The Hall–Kier alpha value is -3.46. The lowest BCUT2D eigenvalue weighted by Crippen LogP contribution is -2.72. The molecule has 3 N–H and O–H groups in total. The van der Waals surface area contributed by atoms with Crippen LogP contribution in [0.25, 0.3) is 0 Å². The number of hydrogen-bond donors (Lipinski definition) is 3. The van der Waals surface area contributed by atoms with Gasteiger partial charge < -0.3 is 14.7 Å². The molecule has 15 heteroatoms. The molecule has 2 aromatic rings. The Morgan fingerprint density at radius 3 is 2.02 bits per heavy atom. The Morgan fingerprint density at radius 1 is 0.950 bits per heavy atom. The Balaban J connectivity index is 1.89. The van der Waals surface area contributed by atoms with Crippen molar-refractivity contribution >= 4 is 17.6 Å². The third-order valence-electron chi connectivity index (χ3n) is 7.16. The van der Waals surface area contributed by atoms with E-state index < -0.39 is 58.9 Å². The summed E-state index contributed by atoms with van der Waals surface area (Å²) < 4.78 is 107. The molecule has 0 bridgehead atoms. The average molecular weight is 584 g/mol. The van der Waals surface area contributed by atoms with Crippen LogP contribution in [0.3, 0.4) is 0 Å². The first-order valence-electron chi connectivity index (χ1n) is 12.0. The van der Waals surface area contributed by atoms with Gasteiger partial charge in [-0.15, -0.1) is 0 Å². The first-order chi connectivity index (χ1) is 18.4. The monoisotopic (exact) mass is 583 g/mol. The van der Waals surface area contributed by atoms with E-state index in [4.69, 9.17) is 5.21 Å². The number of quaternary nitrogens is 1. The van der Waals surface area contributed by atoms with Gasteiger partial charge in [0.05, 0.1) is 18.7 Å². The number of piperazine rings is 1. The number of amides is 3. The van der Waals surface area contributed by atoms with Gasteiger partial charge in [-0.3, -0.25) is 10.0 Å². The van der Waals surface area contributed by atoms with Crippen molar-refractivity contribution in [3.8, 4) is 0 Å². The van der Waals surface area contributed by atoms with Gasteiger partial charge in [0.2, 0.25) is 0 Å². The van der Waals surface area contributed by atoms with Gasteiger partial charge in [-0.1, -0.05) is 18.2 Å². The average Bonchev–Trinajstić information content (AvgIpc) is 2.85. The van der Waals surface area contributed by atoms with E-state index in [-0.39, 0.29) is 30.9 Å². The number of carbonyl (C=O) groups excluding carboxylic acids is 2. The van der Waals surface area contributed by atoms with Crippen LogP contribution in [0.4, 0.5) is 45.6 Å². The van der Waals surface area contributed by atoms with E-state index in [0.29, 0.717) is 5.56 Å². The van der Waals surface area contributed by atoms with E-state index in [1.165, 1.54) is 49.7 Å². The van der Waals surface area contributed by atoms with Gasteiger partial charge in [0.1, 0.15) is 18.6 Å². The molecule has 0 aliphatic carbocycles. The highest BCUT2D eigenvalue weighted by molar-refractivity contribution is 5.93. The van der Waals surface area contributed by atoms with Crippen molar-refractivity contribution in [2.24, 2.45) is 0 Å². The molecule has 1 aliphatic heterocycles. The fourth-order valence-electron chi connectivity index (χ4n) is 4.92. The zero-order chi connectivity index (χ0) is 30.1. The summed E-state index contributed by atoms with van der Waals surface area (Å²) in [4.78, 5) is 25.7. The fourth-order valence-corrected chi connectivity index (χ4v) is 4.92. The number of benzene rings is 2. The third kappa shape index (κ3) is 6.63. The minimum absolute atomic E-state index is 0.0237. The van der Waals surface area contributed by atoms with Gasteiger partial charge in [0, 0.05) is 16.8 Å². The fraction of sp³-hybridized carbons (Fsp3) is 0.440. The molecule has 7 nitrogen and oxygen atoms in total. The zero-order valence-corrected chi connectivity index (χ0v) is 21.3. The van der Waals surface area contributed by atoms with Crippen LogP contribution in [0.1, 0.15) is 35.3 Å². The number of carbonyl (C=O) groups is 2. The van der Waals surface area contributed by atoms with Crippen LogP contribution in [0.15, 0.2) is 48.5 Å². The molecular formula is C25H27F8N4O3+. The smallest absolute Gasteiger partial charge is 0.313 e. The summed E-state index contributed by atoms with van der Waals surface area (Å²) >= 11 is 0. The number of hydrogen-bond acceptors (Lipinski definition) is 3. The number of nitrogens with one attached hydrogen (secondary N) is 2. The minimum atomic E-state index is -5.83. The maximum absolute atomic E-state index is 14.5. The van der Waals surface area contributed by atoms with Crippen LogP contribution in [0.2, 0.25) is 0 Å². The van der Waals surface area contributed by atoms with E-state index in [0.717, 1.165) is 23.1 Å². The molecule has 220 valence electrons. The highest BCUT2D eigenvalue weighted by atomic mass is 19.4. The molecular weight excluding hydrogens is 556 g/mol. The Morgan fingerprint density at radius 2 is 1.52 bits per heavy atom. The normalized spacial score (nSPS) is 22.1. The number of hydroxylamine groups is 1. The number of urea groups is 1. The largest absolute Gasteiger partial charge is 0.459 e. The molecule has 40 heavy (non-hydrogen) atoms. The van der Waals surface area contributed by atoms with Crippen LogP contribution >= 0.6 is 0 Å². The summed E-state index contributed by atoms with van der Waals surface area (Å²) in [7, 11) is 0. The van der Waals surface area contributed by atoms with E-state index >= 15 is 0 Å². The first kappa shape index (κ1) is 31.1. The second-order valence-corrected chi connectivity index (χ2v) is 9.87. The molecule has 3 atom stereocenters. The Labute approximate surface area is 223 Å². The summed E-state index contributed by atoms with van der Waals surface area (Å²) in [6.45, 7) is 0.363. The Kier molecular flexibility index (Phi) is 8.70. The molecule has 3 rings (SSSR count). The molecule has 1 saturated heterocycles. The van der Waals surface area contributed by atoms with Gasteiger partial charge in [0.15, 0.2) is 6.54 Å². The van der Waals surface area contributed by atoms with Gasteiger partial charge in [-0.05, 0) is 44.2 Å². The van der Waals surface area contributed by atoms with E-state index in [9.17, 15) is 44.7 Å². The summed E-state index contributed by atoms with van der Waals surface area (Å²) in [5, 5.41) is 11.1. The van der Waals surface area contributed by atoms with Gasteiger partial charge >= 0.3 is 24.3 Å². The van der Waals surface area contributed by atoms with Gasteiger partial charge in [-0.2, -0.15) is 35.1 Å². The van der Waals surface area contributed by atoms with Crippen LogP contribution < -0.4 is 10.8 Å². The van der Waals surface area contributed by atoms with Crippen molar-refractivity contribution < 1.29 is 54.4 Å². The van der Waals surface area contributed by atoms with Crippen LogP contribution in [-0.2, 0) is 12.7 Å². The molecule has 0 radical (unpaired) electrons. The first-order valence-corrected chi connectivity index (χ1v) is 12.0. The SMILES string of the molecule is C[C@@H]1CN(C(=O)Nc2cccc(C(F)(F)F)c2)C[C@H](C)[N+]1(Cc1ccc(C(=O)NO)cc1)CC(F)(F)C(F)(F)F. The predicted molar refractivity (Wildman–Crippen MR) is 126 cm³/mol. The minimum Gasteiger partial charge on any atom is -0.313 e. The molecule has 1 heterocycles. The Bertz CT molecular complexity index is 1210. The molecule has 0 saturated carbocycles. The van der Waals surface area contributed by atoms with Crippen molar-refractivity contribution in [3.05, 3.63) is 65.2 Å². The van der Waals surface area contributed by atoms with E-state index in [2.05, 4.69) is 5.32 Å². The van der Waals surface area contributed by atoms with Crippen molar-refractivity contribution in [2.75, 3.05) is 25.0 Å². The molecule has 0 spiro atoms. The second-order valence-electron chi connectivity index (χ2n) is 9.87. The molecule has 1 fully saturated rings. The number of halogens is 8.